The van der Waals surface area contributed by atoms with E-state index >= 15 is 4.11 Å². The first-order chi connectivity index (χ1) is 19.5. The van der Waals surface area contributed by atoms with Crippen molar-refractivity contribution in [3.05, 3.63) is 94.0 Å². The number of ether oxygens (including phenoxy) is 1. The first kappa shape index (κ1) is 28.6. The van der Waals surface area contributed by atoms with Gasteiger partial charge in [0.2, 0.25) is 14.8 Å². The third kappa shape index (κ3) is 4.83. The van der Waals surface area contributed by atoms with Gasteiger partial charge in [-0.3, -0.25) is 24.6 Å². The molecule has 0 aromatic heterocycles. The van der Waals surface area contributed by atoms with E-state index in [0.717, 1.165) is 6.41 Å². The SMILES string of the molecule is C[C@H]1[C@H]([Si](C)(C)F)[C@@H](CCO)O[C@]12C(=O)N(Cc1cccc(N(C=O)c3ccccc3)c1)c1ccc([N+](=O)[O-])cc12. The Kier molecular flexibility index (Phi) is 7.53. The fourth-order valence-electron chi connectivity index (χ4n) is 6.55. The van der Waals surface area contributed by atoms with Crippen LogP contribution < -0.4 is 9.80 Å². The van der Waals surface area contributed by atoms with Crippen LogP contribution in [0.25, 0.3) is 0 Å². The minimum atomic E-state index is -3.40. The first-order valence-corrected chi connectivity index (χ1v) is 16.5. The highest BCUT2D eigenvalue weighted by molar-refractivity contribution is 6.72. The van der Waals surface area contributed by atoms with Crippen LogP contribution in [0.3, 0.4) is 0 Å². The third-order valence-corrected chi connectivity index (χ3v) is 10.7. The molecule has 11 heteroatoms. The number of fused-ring (bicyclic) bond motifs is 2. The van der Waals surface area contributed by atoms with Gasteiger partial charge in [0.05, 0.1) is 23.3 Å². The van der Waals surface area contributed by atoms with E-state index in [4.69, 9.17) is 4.74 Å². The van der Waals surface area contributed by atoms with Gasteiger partial charge in [0.15, 0.2) is 5.60 Å². The molecule has 2 heterocycles. The van der Waals surface area contributed by atoms with Gasteiger partial charge in [-0.1, -0.05) is 37.3 Å². The lowest BCUT2D eigenvalue weighted by Gasteiger charge is -2.31. The standard InChI is InChI=1S/C30H32FN3O6Si/c1-20-28(41(2,3)31)27(14-15-35)40-30(20)25-17-24(34(38)39)12-13-26(25)32(29(30)37)18-21-8-7-11-23(16-21)33(19-36)22-9-5-4-6-10-22/h4-13,16-17,19-20,27-28,35H,14-15,18H2,1-3H3/t20-,27+,28-,30+/m0/s1. The summed E-state index contributed by atoms with van der Waals surface area (Å²) < 4.78 is 22.2. The normalized spacial score (nSPS) is 23.6. The molecule has 2 aliphatic heterocycles. The van der Waals surface area contributed by atoms with Gasteiger partial charge >= 0.3 is 0 Å². The number of halogens is 1. The van der Waals surface area contributed by atoms with Crippen molar-refractivity contribution in [2.45, 2.75) is 50.2 Å². The van der Waals surface area contributed by atoms with E-state index in [9.17, 15) is 24.8 Å². The fourth-order valence-corrected chi connectivity index (χ4v) is 9.09. The highest BCUT2D eigenvalue weighted by atomic mass is 28.4. The maximum Gasteiger partial charge on any atom is 0.269 e. The number of para-hydroxylation sites is 1. The molecule has 0 aliphatic carbocycles. The molecule has 2 amide bonds. The average molecular weight is 578 g/mol. The summed E-state index contributed by atoms with van der Waals surface area (Å²) in [5.41, 5.74) is 0.360. The van der Waals surface area contributed by atoms with Crippen LogP contribution in [-0.2, 0) is 26.5 Å². The molecule has 0 unspecified atom stereocenters. The number of nitrogens with zero attached hydrogens (tertiary/aromatic N) is 3. The predicted octanol–water partition coefficient (Wildman–Crippen LogP) is 5.59. The van der Waals surface area contributed by atoms with Crippen molar-refractivity contribution < 1.29 is 28.5 Å². The van der Waals surface area contributed by atoms with Crippen molar-refractivity contribution in [3.63, 3.8) is 0 Å². The molecule has 5 rings (SSSR count). The Morgan fingerprint density at radius 3 is 2.46 bits per heavy atom. The zero-order chi connectivity index (χ0) is 29.5. The highest BCUT2D eigenvalue weighted by Gasteiger charge is 2.66. The van der Waals surface area contributed by atoms with Crippen molar-refractivity contribution in [1.29, 1.82) is 0 Å². The Hall–Kier alpha value is -3.93. The number of hydrogen-bond donors (Lipinski definition) is 1. The van der Waals surface area contributed by atoms with Crippen LogP contribution in [0.15, 0.2) is 72.8 Å². The van der Waals surface area contributed by atoms with Crippen molar-refractivity contribution in [3.8, 4) is 0 Å². The molecule has 1 saturated heterocycles. The van der Waals surface area contributed by atoms with E-state index in [0.29, 0.717) is 28.2 Å². The van der Waals surface area contributed by atoms with Crippen molar-refractivity contribution >= 4 is 43.5 Å². The number of hydrogen-bond acceptors (Lipinski definition) is 6. The quantitative estimate of drug-likeness (QED) is 0.117. The second-order valence-electron chi connectivity index (χ2n) is 11.1. The van der Waals surface area contributed by atoms with E-state index in [1.165, 1.54) is 28.0 Å². The molecule has 1 N–H and O–H groups in total. The first-order valence-electron chi connectivity index (χ1n) is 13.5. The third-order valence-electron chi connectivity index (χ3n) is 8.24. The molecule has 0 saturated carbocycles. The lowest BCUT2D eigenvalue weighted by atomic mass is 9.82. The van der Waals surface area contributed by atoms with Crippen LogP contribution >= 0.6 is 0 Å². The number of nitro groups is 1. The summed E-state index contributed by atoms with van der Waals surface area (Å²) in [6.45, 7) is 4.74. The van der Waals surface area contributed by atoms with Crippen LogP contribution in [0.2, 0.25) is 18.6 Å². The maximum absolute atomic E-state index is 15.7. The van der Waals surface area contributed by atoms with Crippen LogP contribution in [0.5, 0.6) is 0 Å². The molecular weight excluding hydrogens is 545 g/mol. The number of anilines is 3. The van der Waals surface area contributed by atoms with Crippen LogP contribution in [0.1, 0.15) is 24.5 Å². The van der Waals surface area contributed by atoms with Crippen LogP contribution in [-0.4, -0.2) is 43.5 Å². The fraction of sp³-hybridized carbons (Fsp3) is 0.333. The van der Waals surface area contributed by atoms with E-state index < -0.39 is 42.4 Å². The lowest BCUT2D eigenvalue weighted by molar-refractivity contribution is -0.385. The predicted molar refractivity (Wildman–Crippen MR) is 155 cm³/mol. The molecule has 1 fully saturated rings. The maximum atomic E-state index is 15.7. The number of nitro benzene ring substituents is 1. The molecule has 214 valence electrons. The van der Waals surface area contributed by atoms with Crippen molar-refractivity contribution in [2.75, 3.05) is 16.4 Å². The zero-order valence-corrected chi connectivity index (χ0v) is 24.1. The second-order valence-corrected chi connectivity index (χ2v) is 14.9. The Morgan fingerprint density at radius 1 is 1.12 bits per heavy atom. The van der Waals surface area contributed by atoms with Crippen LogP contribution in [0, 0.1) is 16.0 Å². The number of aliphatic hydroxyl groups is 1. The molecule has 3 aromatic carbocycles. The van der Waals surface area contributed by atoms with E-state index in [1.54, 1.807) is 38.2 Å². The molecule has 41 heavy (non-hydrogen) atoms. The Morgan fingerprint density at radius 2 is 1.83 bits per heavy atom. The molecule has 3 aromatic rings. The van der Waals surface area contributed by atoms with Gasteiger partial charge < -0.3 is 18.9 Å². The molecule has 4 atom stereocenters. The van der Waals surface area contributed by atoms with E-state index in [-0.39, 0.29) is 25.3 Å². The highest BCUT2D eigenvalue weighted by Crippen LogP contribution is 2.60. The number of non-ortho nitro benzene ring substituents is 1. The number of benzene rings is 3. The van der Waals surface area contributed by atoms with Crippen LogP contribution in [0.4, 0.5) is 26.9 Å². The summed E-state index contributed by atoms with van der Waals surface area (Å²) in [4.78, 5) is 40.6. The van der Waals surface area contributed by atoms with E-state index in [2.05, 4.69) is 0 Å². The minimum absolute atomic E-state index is 0.0998. The largest absolute Gasteiger partial charge is 0.396 e. The summed E-state index contributed by atoms with van der Waals surface area (Å²) in [5, 5.41) is 21.4. The van der Waals surface area contributed by atoms with Crippen molar-refractivity contribution in [1.82, 2.24) is 0 Å². The molecule has 9 nitrogen and oxygen atoms in total. The minimum Gasteiger partial charge on any atom is -0.396 e. The summed E-state index contributed by atoms with van der Waals surface area (Å²) >= 11 is 0. The summed E-state index contributed by atoms with van der Waals surface area (Å²) in [5.74, 6) is -1.05. The molecule has 0 bridgehead atoms. The van der Waals surface area contributed by atoms with Gasteiger partial charge in [0, 0.05) is 47.1 Å². The summed E-state index contributed by atoms with van der Waals surface area (Å²) in [7, 11) is -3.40. The molecular formula is C30H32FN3O6Si. The Bertz CT molecular complexity index is 1480. The molecule has 0 radical (unpaired) electrons. The van der Waals surface area contributed by atoms with Gasteiger partial charge in [-0.2, -0.15) is 0 Å². The molecule has 2 aliphatic rings. The topological polar surface area (TPSA) is 113 Å². The smallest absolute Gasteiger partial charge is 0.269 e. The zero-order valence-electron chi connectivity index (χ0n) is 23.1. The van der Waals surface area contributed by atoms with Gasteiger partial charge in [0.25, 0.3) is 11.6 Å². The van der Waals surface area contributed by atoms with Gasteiger partial charge in [-0.25, -0.2) is 0 Å². The average Bonchev–Trinajstić information content (AvgIpc) is 3.36. The monoisotopic (exact) mass is 577 g/mol. The number of rotatable bonds is 9. The number of carbonyl (C=O) groups is 2. The Balaban J connectivity index is 1.58. The number of aliphatic hydroxyl groups excluding tert-OH is 1. The lowest BCUT2D eigenvalue weighted by Crippen LogP contribution is -2.45. The summed E-state index contributed by atoms with van der Waals surface area (Å²) in [6.07, 6.45) is 0.155. The second kappa shape index (κ2) is 10.8. The Labute approximate surface area is 238 Å². The van der Waals surface area contributed by atoms with E-state index in [1.807, 2.05) is 36.4 Å². The van der Waals surface area contributed by atoms with Crippen molar-refractivity contribution in [2.24, 2.45) is 5.92 Å². The van der Waals surface area contributed by atoms with Gasteiger partial charge in [0.1, 0.15) is 0 Å². The van der Waals surface area contributed by atoms with Gasteiger partial charge in [-0.05, 0) is 55.4 Å². The molecule has 1 spiro atoms. The number of carbonyl (C=O) groups excluding carboxylic acids is 2. The number of amides is 2. The van der Waals surface area contributed by atoms with Gasteiger partial charge in [-0.15, -0.1) is 0 Å². The summed E-state index contributed by atoms with van der Waals surface area (Å²) in [6, 6.07) is 20.6.